The zero-order valence-corrected chi connectivity index (χ0v) is 11.4. The average molecular weight is 271 g/mol. The number of sulfonamides is 1. The van der Waals surface area contributed by atoms with Crippen LogP contribution >= 0.6 is 0 Å². The highest BCUT2D eigenvalue weighted by Gasteiger charge is 2.27. The minimum Gasteiger partial charge on any atom is -0.480 e. The number of aliphatic carboxylic acids is 1. The molecule has 0 saturated heterocycles. The molecule has 0 aliphatic carbocycles. The Labute approximate surface area is 107 Å². The van der Waals surface area contributed by atoms with E-state index >= 15 is 0 Å². The summed E-state index contributed by atoms with van der Waals surface area (Å²) in [6.07, 6.45) is 0. The topological polar surface area (TPSA) is 83.5 Å². The van der Waals surface area contributed by atoms with E-state index in [1.165, 1.54) is 0 Å². The van der Waals surface area contributed by atoms with Gasteiger partial charge >= 0.3 is 5.97 Å². The maximum atomic E-state index is 11.7. The van der Waals surface area contributed by atoms with Crippen LogP contribution in [0.25, 0.3) is 0 Å². The minimum atomic E-state index is -3.90. The second-order valence-electron chi connectivity index (χ2n) is 4.41. The number of hydrogen-bond donors (Lipinski definition) is 2. The number of anilines is 1. The van der Waals surface area contributed by atoms with E-state index in [0.717, 1.165) is 12.5 Å². The summed E-state index contributed by atoms with van der Waals surface area (Å²) in [5.41, 5.74) is 1.37. The highest BCUT2D eigenvalue weighted by Crippen LogP contribution is 2.20. The first-order valence-corrected chi connectivity index (χ1v) is 7.13. The molecule has 18 heavy (non-hydrogen) atoms. The predicted octanol–water partition coefficient (Wildman–Crippen LogP) is 2.02. The summed E-state index contributed by atoms with van der Waals surface area (Å²) in [6, 6.07) is 6.93. The van der Waals surface area contributed by atoms with Crippen LogP contribution < -0.4 is 4.72 Å². The van der Waals surface area contributed by atoms with E-state index < -0.39 is 21.2 Å². The Balaban J connectivity index is 2.98. The van der Waals surface area contributed by atoms with E-state index in [2.05, 4.69) is 4.72 Å². The third-order valence-electron chi connectivity index (χ3n) is 2.63. The van der Waals surface area contributed by atoms with Crippen LogP contribution in [0.5, 0.6) is 0 Å². The molecule has 0 aliphatic rings. The van der Waals surface area contributed by atoms with Crippen LogP contribution in [-0.4, -0.2) is 24.7 Å². The molecule has 5 nitrogen and oxygen atoms in total. The Bertz CT molecular complexity index is 537. The average Bonchev–Trinajstić information content (AvgIpc) is 2.27. The highest BCUT2D eigenvalue weighted by molar-refractivity contribution is 7.94. The Kier molecular flexibility index (Phi) is 4.34. The van der Waals surface area contributed by atoms with Crippen LogP contribution in [0.1, 0.15) is 32.3 Å². The lowest BCUT2D eigenvalue weighted by molar-refractivity contribution is -0.136. The fourth-order valence-electron chi connectivity index (χ4n) is 1.35. The number of carboxylic acids is 1. The standard InChI is InChI=1S/C12H17NO4S/c1-8(2)10-5-4-6-11(7-10)13-18(16,17)9(3)12(14)15/h4-9,13H,1-3H3,(H,14,15). The molecule has 100 valence electrons. The van der Waals surface area contributed by atoms with Crippen LogP contribution in [0.4, 0.5) is 5.69 Å². The molecule has 0 aliphatic heterocycles. The molecule has 0 bridgehead atoms. The van der Waals surface area contributed by atoms with Gasteiger partial charge in [0.05, 0.1) is 0 Å². The molecule has 0 radical (unpaired) electrons. The summed E-state index contributed by atoms with van der Waals surface area (Å²) in [5.74, 6) is -1.10. The molecular weight excluding hydrogens is 254 g/mol. The van der Waals surface area contributed by atoms with E-state index in [1.54, 1.807) is 18.2 Å². The van der Waals surface area contributed by atoms with Crippen LogP contribution in [-0.2, 0) is 14.8 Å². The predicted molar refractivity (Wildman–Crippen MR) is 70.2 cm³/mol. The van der Waals surface area contributed by atoms with Gasteiger partial charge in [-0.3, -0.25) is 9.52 Å². The van der Waals surface area contributed by atoms with Gasteiger partial charge in [0, 0.05) is 5.69 Å². The zero-order valence-electron chi connectivity index (χ0n) is 10.5. The molecule has 1 aromatic rings. The van der Waals surface area contributed by atoms with Crippen molar-refractivity contribution in [3.8, 4) is 0 Å². The van der Waals surface area contributed by atoms with Crippen molar-refractivity contribution in [3.63, 3.8) is 0 Å². The molecule has 0 saturated carbocycles. The van der Waals surface area contributed by atoms with Crippen molar-refractivity contribution in [2.45, 2.75) is 31.9 Å². The van der Waals surface area contributed by atoms with Gasteiger partial charge in [0.15, 0.2) is 5.25 Å². The normalized spacial score (nSPS) is 13.3. The van der Waals surface area contributed by atoms with Crippen molar-refractivity contribution < 1.29 is 18.3 Å². The van der Waals surface area contributed by atoms with Gasteiger partial charge in [-0.1, -0.05) is 26.0 Å². The molecule has 0 fully saturated rings. The summed E-state index contributed by atoms with van der Waals surface area (Å²) in [6.45, 7) is 5.12. The van der Waals surface area contributed by atoms with Crippen LogP contribution in [0.3, 0.4) is 0 Å². The van der Waals surface area contributed by atoms with E-state index in [4.69, 9.17) is 5.11 Å². The van der Waals surface area contributed by atoms with E-state index in [-0.39, 0.29) is 5.92 Å². The largest absolute Gasteiger partial charge is 0.480 e. The van der Waals surface area contributed by atoms with Gasteiger partial charge in [0.25, 0.3) is 0 Å². The maximum Gasteiger partial charge on any atom is 0.323 e. The van der Waals surface area contributed by atoms with Gasteiger partial charge in [-0.05, 0) is 30.5 Å². The number of rotatable bonds is 5. The van der Waals surface area contributed by atoms with Crippen molar-refractivity contribution in [2.75, 3.05) is 4.72 Å². The number of carbonyl (C=O) groups is 1. The smallest absolute Gasteiger partial charge is 0.323 e. The van der Waals surface area contributed by atoms with Gasteiger partial charge in [0.2, 0.25) is 10.0 Å². The summed E-state index contributed by atoms with van der Waals surface area (Å²) in [5, 5.41) is 7.23. The van der Waals surface area contributed by atoms with Gasteiger partial charge in [-0.15, -0.1) is 0 Å². The molecule has 0 heterocycles. The Morgan fingerprint density at radius 1 is 1.28 bits per heavy atom. The second-order valence-corrected chi connectivity index (χ2v) is 6.41. The lowest BCUT2D eigenvalue weighted by Crippen LogP contribution is -2.32. The molecule has 0 amide bonds. The third-order valence-corrected chi connectivity index (χ3v) is 4.28. The van der Waals surface area contributed by atoms with Crippen molar-refractivity contribution in [3.05, 3.63) is 29.8 Å². The Morgan fingerprint density at radius 2 is 1.89 bits per heavy atom. The second kappa shape index (κ2) is 5.39. The number of benzene rings is 1. The summed E-state index contributed by atoms with van der Waals surface area (Å²) >= 11 is 0. The Hall–Kier alpha value is -1.56. The van der Waals surface area contributed by atoms with Gasteiger partial charge in [-0.25, -0.2) is 8.42 Å². The molecular formula is C12H17NO4S. The molecule has 1 atom stereocenters. The minimum absolute atomic E-state index is 0.270. The highest BCUT2D eigenvalue weighted by atomic mass is 32.2. The van der Waals surface area contributed by atoms with E-state index in [9.17, 15) is 13.2 Å². The number of carboxylic acid groups (broad SMARTS) is 1. The molecule has 2 N–H and O–H groups in total. The van der Waals surface area contributed by atoms with E-state index in [1.807, 2.05) is 19.9 Å². The molecule has 1 aromatic carbocycles. The van der Waals surface area contributed by atoms with Crippen LogP contribution in [0.15, 0.2) is 24.3 Å². The van der Waals surface area contributed by atoms with Crippen molar-refractivity contribution in [2.24, 2.45) is 0 Å². The fourth-order valence-corrected chi connectivity index (χ4v) is 2.24. The van der Waals surface area contributed by atoms with Crippen LogP contribution in [0.2, 0.25) is 0 Å². The molecule has 6 heteroatoms. The quantitative estimate of drug-likeness (QED) is 0.858. The SMILES string of the molecule is CC(C)c1cccc(NS(=O)(=O)C(C)C(=O)O)c1. The molecule has 0 spiro atoms. The van der Waals surface area contributed by atoms with Crippen LogP contribution in [0, 0.1) is 0 Å². The van der Waals surface area contributed by atoms with Gasteiger partial charge < -0.3 is 5.11 Å². The monoisotopic (exact) mass is 271 g/mol. The molecule has 0 aromatic heterocycles. The van der Waals surface area contributed by atoms with E-state index in [0.29, 0.717) is 5.69 Å². The first-order valence-electron chi connectivity index (χ1n) is 5.58. The fraction of sp³-hybridized carbons (Fsp3) is 0.417. The maximum absolute atomic E-state index is 11.7. The first-order chi connectivity index (χ1) is 8.24. The zero-order chi connectivity index (χ0) is 13.9. The van der Waals surface area contributed by atoms with Crippen molar-refractivity contribution >= 4 is 21.7 Å². The summed E-state index contributed by atoms with van der Waals surface area (Å²) in [4.78, 5) is 10.7. The van der Waals surface area contributed by atoms with Gasteiger partial charge in [0.1, 0.15) is 0 Å². The van der Waals surface area contributed by atoms with Crippen molar-refractivity contribution in [1.29, 1.82) is 0 Å². The third kappa shape index (κ3) is 3.46. The molecule has 1 unspecified atom stereocenters. The number of nitrogens with one attached hydrogen (secondary N) is 1. The first kappa shape index (κ1) is 14.5. The number of hydrogen-bond acceptors (Lipinski definition) is 3. The molecule has 1 rings (SSSR count). The lowest BCUT2D eigenvalue weighted by atomic mass is 10.0. The summed E-state index contributed by atoms with van der Waals surface area (Å²) < 4.78 is 25.7. The van der Waals surface area contributed by atoms with Gasteiger partial charge in [-0.2, -0.15) is 0 Å². The lowest BCUT2D eigenvalue weighted by Gasteiger charge is -2.13. The Morgan fingerprint density at radius 3 is 2.39 bits per heavy atom. The summed E-state index contributed by atoms with van der Waals surface area (Å²) in [7, 11) is -3.90. The van der Waals surface area contributed by atoms with Crippen molar-refractivity contribution in [1.82, 2.24) is 0 Å².